The smallest absolute Gasteiger partial charge is 0.317 e. The lowest BCUT2D eigenvalue weighted by molar-refractivity contribution is 0.112. The first-order chi connectivity index (χ1) is 5.79. The molecule has 1 aliphatic carbocycles. The van der Waals surface area contributed by atoms with Crippen LogP contribution in [0.3, 0.4) is 0 Å². The zero-order valence-electron chi connectivity index (χ0n) is 7.55. The van der Waals surface area contributed by atoms with Gasteiger partial charge in [-0.3, -0.25) is 0 Å². The average Bonchev–Trinajstić information content (AvgIpc) is 2.12. The number of amides is 2. The van der Waals surface area contributed by atoms with Gasteiger partial charge in [0, 0.05) is 19.6 Å². The highest BCUT2D eigenvalue weighted by Crippen LogP contribution is 2.29. The van der Waals surface area contributed by atoms with Crippen LogP contribution in [0.1, 0.15) is 25.7 Å². The molecule has 2 atom stereocenters. The molecule has 0 aromatic heterocycles. The van der Waals surface area contributed by atoms with Crippen molar-refractivity contribution in [2.75, 3.05) is 13.6 Å². The normalized spacial score (nSPS) is 35.8. The second-order valence-corrected chi connectivity index (χ2v) is 3.91. The summed E-state index contributed by atoms with van der Waals surface area (Å²) in [5.41, 5.74) is 0. The molecule has 2 fully saturated rings. The number of nitrogens with zero attached hydrogens (tertiary/aromatic N) is 1. The summed E-state index contributed by atoms with van der Waals surface area (Å²) in [6.07, 6.45) is 5.12. The van der Waals surface area contributed by atoms with Crippen molar-refractivity contribution in [1.29, 1.82) is 0 Å². The van der Waals surface area contributed by atoms with Crippen molar-refractivity contribution in [3.63, 3.8) is 0 Å². The van der Waals surface area contributed by atoms with Crippen molar-refractivity contribution < 1.29 is 4.79 Å². The zero-order valence-corrected chi connectivity index (χ0v) is 7.55. The van der Waals surface area contributed by atoms with Gasteiger partial charge in [-0.2, -0.15) is 0 Å². The predicted molar refractivity (Wildman–Crippen MR) is 46.9 cm³/mol. The molecule has 1 saturated heterocycles. The van der Waals surface area contributed by atoms with E-state index in [1.165, 1.54) is 25.7 Å². The van der Waals surface area contributed by atoms with Gasteiger partial charge in [0.1, 0.15) is 0 Å². The molecular formula is C9H16N2O. The molecule has 0 bridgehead atoms. The molecule has 2 amide bonds. The lowest BCUT2D eigenvalue weighted by Gasteiger charge is -2.42. The van der Waals surface area contributed by atoms with E-state index in [2.05, 4.69) is 5.32 Å². The van der Waals surface area contributed by atoms with Gasteiger partial charge in [0.15, 0.2) is 0 Å². The summed E-state index contributed by atoms with van der Waals surface area (Å²) in [5.74, 6) is 0.710. The molecular weight excluding hydrogens is 152 g/mol. The molecule has 1 N–H and O–H groups in total. The standard InChI is InChI=1S/C9H16N2O/c1-11-8-5-3-2-4-7(8)6-10-9(11)12/h7-8H,2-6H2,1H3,(H,10,12)/t7-,8+/m1/s1. The highest BCUT2D eigenvalue weighted by Gasteiger charge is 2.34. The van der Waals surface area contributed by atoms with Crippen LogP contribution in [0, 0.1) is 5.92 Å². The summed E-state index contributed by atoms with van der Waals surface area (Å²) in [7, 11) is 1.91. The number of carbonyl (C=O) groups excluding carboxylic acids is 1. The number of hydrogen-bond donors (Lipinski definition) is 1. The maximum atomic E-state index is 11.3. The molecule has 0 unspecified atom stereocenters. The average molecular weight is 168 g/mol. The maximum absolute atomic E-state index is 11.3. The highest BCUT2D eigenvalue weighted by atomic mass is 16.2. The van der Waals surface area contributed by atoms with E-state index in [-0.39, 0.29) is 6.03 Å². The molecule has 3 nitrogen and oxygen atoms in total. The van der Waals surface area contributed by atoms with Gasteiger partial charge in [-0.15, -0.1) is 0 Å². The Kier molecular flexibility index (Phi) is 1.95. The first kappa shape index (κ1) is 7.90. The Bertz CT molecular complexity index is 193. The minimum absolute atomic E-state index is 0.109. The first-order valence-corrected chi connectivity index (χ1v) is 4.79. The van der Waals surface area contributed by atoms with Crippen molar-refractivity contribution in [3.05, 3.63) is 0 Å². The Labute approximate surface area is 73.1 Å². The minimum atomic E-state index is 0.109. The van der Waals surface area contributed by atoms with E-state index in [1.54, 1.807) is 0 Å². The molecule has 0 aromatic carbocycles. The summed E-state index contributed by atoms with van der Waals surface area (Å²) in [6, 6.07) is 0.630. The molecule has 12 heavy (non-hydrogen) atoms. The largest absolute Gasteiger partial charge is 0.338 e. The van der Waals surface area contributed by atoms with Crippen LogP contribution in [-0.2, 0) is 0 Å². The van der Waals surface area contributed by atoms with Crippen molar-refractivity contribution >= 4 is 6.03 Å². The van der Waals surface area contributed by atoms with Crippen LogP contribution in [-0.4, -0.2) is 30.6 Å². The van der Waals surface area contributed by atoms with Gasteiger partial charge in [-0.1, -0.05) is 12.8 Å². The fraction of sp³-hybridized carbons (Fsp3) is 0.889. The second kappa shape index (κ2) is 2.96. The molecule has 68 valence electrons. The Morgan fingerprint density at radius 2 is 2.17 bits per heavy atom. The maximum Gasteiger partial charge on any atom is 0.317 e. The van der Waals surface area contributed by atoms with E-state index in [0.29, 0.717) is 12.0 Å². The van der Waals surface area contributed by atoms with E-state index in [9.17, 15) is 4.79 Å². The molecule has 3 heteroatoms. The van der Waals surface area contributed by atoms with Gasteiger partial charge in [0.05, 0.1) is 0 Å². The number of fused-ring (bicyclic) bond motifs is 1. The Morgan fingerprint density at radius 1 is 1.42 bits per heavy atom. The number of carbonyl (C=O) groups is 1. The number of nitrogens with one attached hydrogen (secondary N) is 1. The molecule has 1 aliphatic heterocycles. The molecule has 2 rings (SSSR count). The number of hydrogen-bond acceptors (Lipinski definition) is 1. The third-order valence-corrected chi connectivity index (χ3v) is 3.20. The van der Waals surface area contributed by atoms with E-state index < -0.39 is 0 Å². The lowest BCUT2D eigenvalue weighted by atomic mass is 9.82. The topological polar surface area (TPSA) is 32.3 Å². The third kappa shape index (κ3) is 1.17. The van der Waals surface area contributed by atoms with Crippen molar-refractivity contribution in [2.24, 2.45) is 5.92 Å². The predicted octanol–water partition coefficient (Wildman–Crippen LogP) is 1.20. The van der Waals surface area contributed by atoms with Crippen LogP contribution >= 0.6 is 0 Å². The van der Waals surface area contributed by atoms with E-state index in [1.807, 2.05) is 11.9 Å². The third-order valence-electron chi connectivity index (χ3n) is 3.20. The second-order valence-electron chi connectivity index (χ2n) is 3.91. The van der Waals surface area contributed by atoms with Gasteiger partial charge in [-0.05, 0) is 18.8 Å². The summed E-state index contributed by atoms with van der Waals surface area (Å²) in [6.45, 7) is 0.897. The van der Waals surface area contributed by atoms with Crippen LogP contribution in [0.2, 0.25) is 0 Å². The Hall–Kier alpha value is -0.730. The van der Waals surface area contributed by atoms with Gasteiger partial charge < -0.3 is 10.2 Å². The molecule has 1 saturated carbocycles. The van der Waals surface area contributed by atoms with Crippen LogP contribution in [0.4, 0.5) is 4.79 Å². The summed E-state index contributed by atoms with van der Waals surface area (Å²) < 4.78 is 0. The van der Waals surface area contributed by atoms with Gasteiger partial charge in [0.2, 0.25) is 0 Å². The fourth-order valence-electron chi connectivity index (χ4n) is 2.43. The van der Waals surface area contributed by atoms with Crippen LogP contribution < -0.4 is 5.32 Å². The number of rotatable bonds is 0. The summed E-state index contributed by atoms with van der Waals surface area (Å²) >= 11 is 0. The van der Waals surface area contributed by atoms with Crippen LogP contribution in [0.5, 0.6) is 0 Å². The molecule has 0 aromatic rings. The Balaban J connectivity index is 2.08. The van der Waals surface area contributed by atoms with Gasteiger partial charge in [-0.25, -0.2) is 4.79 Å². The lowest BCUT2D eigenvalue weighted by Crippen LogP contribution is -2.56. The fourth-order valence-corrected chi connectivity index (χ4v) is 2.43. The van der Waals surface area contributed by atoms with Gasteiger partial charge >= 0.3 is 6.03 Å². The quantitative estimate of drug-likeness (QED) is 0.579. The van der Waals surface area contributed by atoms with Crippen molar-refractivity contribution in [3.8, 4) is 0 Å². The number of urea groups is 1. The summed E-state index contributed by atoms with van der Waals surface area (Å²) in [5, 5.41) is 2.92. The van der Waals surface area contributed by atoms with E-state index >= 15 is 0 Å². The highest BCUT2D eigenvalue weighted by molar-refractivity contribution is 5.75. The molecule has 0 spiro atoms. The van der Waals surface area contributed by atoms with Crippen molar-refractivity contribution in [2.45, 2.75) is 31.7 Å². The zero-order chi connectivity index (χ0) is 8.55. The first-order valence-electron chi connectivity index (χ1n) is 4.79. The van der Waals surface area contributed by atoms with Crippen LogP contribution in [0.15, 0.2) is 0 Å². The molecule has 1 heterocycles. The van der Waals surface area contributed by atoms with Gasteiger partial charge in [0.25, 0.3) is 0 Å². The monoisotopic (exact) mass is 168 g/mol. The SMILES string of the molecule is CN1C(=O)NC[C@H]2CCCC[C@@H]21. The summed E-state index contributed by atoms with van der Waals surface area (Å²) in [4.78, 5) is 13.1. The molecule has 2 aliphatic rings. The van der Waals surface area contributed by atoms with Crippen LogP contribution in [0.25, 0.3) is 0 Å². The van der Waals surface area contributed by atoms with E-state index in [0.717, 1.165) is 6.54 Å². The Morgan fingerprint density at radius 3 is 3.00 bits per heavy atom. The minimum Gasteiger partial charge on any atom is -0.338 e. The van der Waals surface area contributed by atoms with Crippen molar-refractivity contribution in [1.82, 2.24) is 10.2 Å². The van der Waals surface area contributed by atoms with E-state index in [4.69, 9.17) is 0 Å². The molecule has 0 radical (unpaired) electrons.